The van der Waals surface area contributed by atoms with Crippen molar-refractivity contribution in [1.82, 2.24) is 10.2 Å². The van der Waals surface area contributed by atoms with Crippen LogP contribution in [0.4, 0.5) is 13.2 Å². The number of alkyl halides is 3. The first-order chi connectivity index (χ1) is 7.31. The number of hydrogen-bond donors (Lipinski definition) is 1. The predicted octanol–water partition coefficient (Wildman–Crippen LogP) is 1.45. The van der Waals surface area contributed by atoms with Gasteiger partial charge in [0.2, 0.25) is 5.91 Å². The van der Waals surface area contributed by atoms with Gasteiger partial charge in [0.05, 0.1) is 6.04 Å². The molecule has 0 aromatic carbocycles. The van der Waals surface area contributed by atoms with Crippen LogP contribution < -0.4 is 5.32 Å². The summed E-state index contributed by atoms with van der Waals surface area (Å²) >= 11 is 1.52. The molecule has 0 aliphatic carbocycles. The minimum absolute atomic E-state index is 0.443. The molecule has 7 heteroatoms. The Morgan fingerprint density at radius 3 is 2.56 bits per heavy atom. The standard InChI is InChI=1S/C9H15F3N2OS/c1-6(2)14(4-9(10,11)12)8(15)7-3-16-5-13-7/h6-7,13H,3-5H2,1-2H3. The summed E-state index contributed by atoms with van der Waals surface area (Å²) in [5.41, 5.74) is 0. The summed E-state index contributed by atoms with van der Waals surface area (Å²) in [5, 5.41) is 2.88. The van der Waals surface area contributed by atoms with E-state index in [1.807, 2.05) is 0 Å². The Morgan fingerprint density at radius 1 is 1.56 bits per heavy atom. The summed E-state index contributed by atoms with van der Waals surface area (Å²) in [4.78, 5) is 12.7. The lowest BCUT2D eigenvalue weighted by Gasteiger charge is -2.29. The number of thioether (sulfide) groups is 1. The van der Waals surface area contributed by atoms with Crippen LogP contribution in [0.3, 0.4) is 0 Å². The smallest absolute Gasteiger partial charge is 0.330 e. The Bertz CT molecular complexity index is 252. The van der Waals surface area contributed by atoms with E-state index in [-0.39, 0.29) is 0 Å². The molecular formula is C9H15F3N2OS. The number of amides is 1. The van der Waals surface area contributed by atoms with Crippen LogP contribution in [-0.4, -0.2) is 47.2 Å². The van der Waals surface area contributed by atoms with Gasteiger partial charge in [-0.05, 0) is 13.8 Å². The number of nitrogens with zero attached hydrogens (tertiary/aromatic N) is 1. The van der Waals surface area contributed by atoms with Crippen molar-refractivity contribution in [3.63, 3.8) is 0 Å². The molecule has 0 spiro atoms. The van der Waals surface area contributed by atoms with Crippen LogP contribution >= 0.6 is 11.8 Å². The van der Waals surface area contributed by atoms with E-state index >= 15 is 0 Å². The maximum absolute atomic E-state index is 12.3. The third kappa shape index (κ3) is 3.86. The van der Waals surface area contributed by atoms with Crippen molar-refractivity contribution >= 4 is 17.7 Å². The van der Waals surface area contributed by atoms with E-state index in [4.69, 9.17) is 0 Å². The van der Waals surface area contributed by atoms with Crippen molar-refractivity contribution in [3.05, 3.63) is 0 Å². The molecule has 1 saturated heterocycles. The van der Waals surface area contributed by atoms with Crippen LogP contribution in [-0.2, 0) is 4.79 Å². The highest BCUT2D eigenvalue weighted by atomic mass is 32.2. The van der Waals surface area contributed by atoms with Gasteiger partial charge < -0.3 is 4.90 Å². The Hall–Kier alpha value is -0.430. The van der Waals surface area contributed by atoms with Crippen LogP contribution in [0, 0.1) is 0 Å². The monoisotopic (exact) mass is 256 g/mol. The van der Waals surface area contributed by atoms with Crippen molar-refractivity contribution in [2.45, 2.75) is 32.1 Å². The normalized spacial score (nSPS) is 21.5. The number of carbonyl (C=O) groups excluding carboxylic acids is 1. The third-order valence-corrected chi connectivity index (χ3v) is 3.21. The van der Waals surface area contributed by atoms with Gasteiger partial charge in [-0.15, -0.1) is 11.8 Å². The Morgan fingerprint density at radius 2 is 2.19 bits per heavy atom. The Labute approximate surface area is 96.7 Å². The molecule has 0 aromatic rings. The number of nitrogens with one attached hydrogen (secondary N) is 1. The van der Waals surface area contributed by atoms with Crippen LogP contribution in [0.5, 0.6) is 0 Å². The maximum atomic E-state index is 12.3. The fourth-order valence-corrected chi connectivity index (χ4v) is 2.40. The van der Waals surface area contributed by atoms with Gasteiger partial charge in [-0.1, -0.05) is 0 Å². The van der Waals surface area contributed by atoms with Gasteiger partial charge in [-0.3, -0.25) is 10.1 Å². The minimum Gasteiger partial charge on any atom is -0.330 e. The minimum atomic E-state index is -4.34. The molecule has 0 bridgehead atoms. The van der Waals surface area contributed by atoms with Crippen LogP contribution in [0.25, 0.3) is 0 Å². The fourth-order valence-electron chi connectivity index (χ4n) is 1.46. The molecule has 0 aromatic heterocycles. The lowest BCUT2D eigenvalue weighted by atomic mass is 10.2. The largest absolute Gasteiger partial charge is 0.406 e. The summed E-state index contributed by atoms with van der Waals surface area (Å²) in [6.07, 6.45) is -4.34. The van der Waals surface area contributed by atoms with Crippen LogP contribution in [0.2, 0.25) is 0 Å². The summed E-state index contributed by atoms with van der Waals surface area (Å²) in [7, 11) is 0. The molecule has 0 saturated carbocycles. The SMILES string of the molecule is CC(C)N(CC(F)(F)F)C(=O)C1CSCN1. The fraction of sp³-hybridized carbons (Fsp3) is 0.889. The number of hydrogen-bond acceptors (Lipinski definition) is 3. The highest BCUT2D eigenvalue weighted by Crippen LogP contribution is 2.20. The summed E-state index contributed by atoms with van der Waals surface area (Å²) in [6.45, 7) is 2.00. The highest BCUT2D eigenvalue weighted by molar-refractivity contribution is 7.99. The van der Waals surface area contributed by atoms with Crippen LogP contribution in [0.15, 0.2) is 0 Å². The summed E-state index contributed by atoms with van der Waals surface area (Å²) in [6, 6.07) is -0.920. The first-order valence-corrected chi connectivity index (χ1v) is 6.15. The van der Waals surface area contributed by atoms with E-state index in [2.05, 4.69) is 5.32 Å². The van der Waals surface area contributed by atoms with Crippen molar-refractivity contribution in [1.29, 1.82) is 0 Å². The lowest BCUT2D eigenvalue weighted by molar-refractivity contribution is -0.165. The van der Waals surface area contributed by atoms with E-state index in [0.29, 0.717) is 11.6 Å². The van der Waals surface area contributed by atoms with Gasteiger partial charge in [-0.25, -0.2) is 0 Å². The molecule has 1 atom stereocenters. The van der Waals surface area contributed by atoms with Gasteiger partial charge in [0.15, 0.2) is 0 Å². The molecule has 1 aliphatic rings. The van der Waals surface area contributed by atoms with E-state index in [9.17, 15) is 18.0 Å². The zero-order valence-corrected chi connectivity index (χ0v) is 9.99. The quantitative estimate of drug-likeness (QED) is 0.829. The van der Waals surface area contributed by atoms with E-state index < -0.39 is 30.7 Å². The van der Waals surface area contributed by atoms with E-state index in [1.54, 1.807) is 13.8 Å². The summed E-state index contributed by atoms with van der Waals surface area (Å²) in [5.74, 6) is 0.700. The molecule has 94 valence electrons. The molecule has 1 rings (SSSR count). The topological polar surface area (TPSA) is 32.3 Å². The molecule has 1 unspecified atom stereocenters. The number of halogens is 3. The second kappa shape index (κ2) is 5.27. The second-order valence-corrected chi connectivity index (χ2v) is 4.98. The van der Waals surface area contributed by atoms with Crippen LogP contribution in [0.1, 0.15) is 13.8 Å². The molecule has 16 heavy (non-hydrogen) atoms. The van der Waals surface area contributed by atoms with Gasteiger partial charge in [-0.2, -0.15) is 13.2 Å². The van der Waals surface area contributed by atoms with Gasteiger partial charge in [0.1, 0.15) is 6.54 Å². The molecule has 0 radical (unpaired) electrons. The zero-order chi connectivity index (χ0) is 12.3. The van der Waals surface area contributed by atoms with Crippen molar-refractivity contribution in [2.75, 3.05) is 18.2 Å². The Balaban J connectivity index is 2.65. The van der Waals surface area contributed by atoms with Crippen molar-refractivity contribution < 1.29 is 18.0 Å². The average molecular weight is 256 g/mol. The average Bonchev–Trinajstić information content (AvgIpc) is 2.63. The molecule has 1 heterocycles. The lowest BCUT2D eigenvalue weighted by Crippen LogP contribution is -2.51. The first-order valence-electron chi connectivity index (χ1n) is 4.99. The van der Waals surface area contributed by atoms with E-state index in [1.165, 1.54) is 11.8 Å². The second-order valence-electron chi connectivity index (χ2n) is 3.95. The molecule has 3 nitrogen and oxygen atoms in total. The first kappa shape index (κ1) is 13.6. The van der Waals surface area contributed by atoms with Gasteiger partial charge in [0, 0.05) is 17.7 Å². The highest BCUT2D eigenvalue weighted by Gasteiger charge is 2.37. The third-order valence-electron chi connectivity index (χ3n) is 2.27. The molecule has 1 aliphatic heterocycles. The number of rotatable bonds is 3. The van der Waals surface area contributed by atoms with Gasteiger partial charge >= 0.3 is 6.18 Å². The van der Waals surface area contributed by atoms with Crippen molar-refractivity contribution in [2.24, 2.45) is 0 Å². The molecule has 1 fully saturated rings. The Kier molecular flexibility index (Phi) is 4.49. The molecular weight excluding hydrogens is 241 g/mol. The predicted molar refractivity (Wildman–Crippen MR) is 57.2 cm³/mol. The molecule has 1 amide bonds. The van der Waals surface area contributed by atoms with Gasteiger partial charge in [0.25, 0.3) is 0 Å². The van der Waals surface area contributed by atoms with E-state index in [0.717, 1.165) is 4.90 Å². The van der Waals surface area contributed by atoms with Crippen molar-refractivity contribution in [3.8, 4) is 0 Å². The zero-order valence-electron chi connectivity index (χ0n) is 9.17. The summed E-state index contributed by atoms with van der Waals surface area (Å²) < 4.78 is 36.9. The maximum Gasteiger partial charge on any atom is 0.406 e. The molecule has 1 N–H and O–H groups in total. The number of carbonyl (C=O) groups is 1.